The molecular weight excluding hydrogens is 412 g/mol. The third kappa shape index (κ3) is 5.80. The SMILES string of the molecule is CN(C)C1(CCc2nc3c(s2)Cc2ccccc2-3)CCCCC1.O=C(O)/C=C/C(=O)O. The Labute approximate surface area is 187 Å². The molecule has 1 aromatic carbocycles. The fraction of sp³-hybridized carbons (Fsp3) is 0.458. The number of aryl methyl sites for hydroxylation is 1. The van der Waals surface area contributed by atoms with Gasteiger partial charge in [0.25, 0.3) is 0 Å². The molecule has 2 N–H and O–H groups in total. The average Bonchev–Trinajstić information content (AvgIpc) is 3.29. The number of hydrogen-bond donors (Lipinski definition) is 2. The maximum Gasteiger partial charge on any atom is 0.328 e. The number of benzene rings is 1. The molecule has 1 saturated carbocycles. The molecule has 31 heavy (non-hydrogen) atoms. The second-order valence-electron chi connectivity index (χ2n) is 8.40. The lowest BCUT2D eigenvalue weighted by atomic mass is 9.77. The third-order valence-corrected chi connectivity index (χ3v) is 7.39. The fourth-order valence-electron chi connectivity index (χ4n) is 4.53. The van der Waals surface area contributed by atoms with Gasteiger partial charge in [-0.25, -0.2) is 14.6 Å². The van der Waals surface area contributed by atoms with Crippen molar-refractivity contribution in [3.8, 4) is 11.3 Å². The van der Waals surface area contributed by atoms with E-state index < -0.39 is 11.9 Å². The Morgan fingerprint density at radius 1 is 1.10 bits per heavy atom. The molecule has 0 bridgehead atoms. The molecule has 0 atom stereocenters. The van der Waals surface area contributed by atoms with Gasteiger partial charge >= 0.3 is 11.9 Å². The molecule has 6 nitrogen and oxygen atoms in total. The Bertz CT molecular complexity index is 942. The van der Waals surface area contributed by atoms with Gasteiger partial charge in [0.1, 0.15) is 0 Å². The summed E-state index contributed by atoms with van der Waals surface area (Å²) in [6.45, 7) is 0. The molecule has 0 spiro atoms. The van der Waals surface area contributed by atoms with Crippen molar-refractivity contribution in [3.63, 3.8) is 0 Å². The topological polar surface area (TPSA) is 90.7 Å². The number of carbonyl (C=O) groups is 2. The fourth-order valence-corrected chi connectivity index (χ4v) is 5.63. The zero-order valence-corrected chi connectivity index (χ0v) is 19.0. The molecule has 2 aliphatic carbocycles. The highest BCUT2D eigenvalue weighted by molar-refractivity contribution is 7.12. The van der Waals surface area contributed by atoms with Gasteiger partial charge in [0.15, 0.2) is 0 Å². The van der Waals surface area contributed by atoms with Crippen molar-refractivity contribution in [2.45, 2.75) is 56.9 Å². The van der Waals surface area contributed by atoms with Gasteiger partial charge in [-0.2, -0.15) is 0 Å². The lowest BCUT2D eigenvalue weighted by Gasteiger charge is -2.43. The number of carboxylic acids is 2. The molecule has 0 aliphatic heterocycles. The van der Waals surface area contributed by atoms with E-state index in [2.05, 4.69) is 43.3 Å². The molecule has 1 fully saturated rings. The number of hydrogen-bond acceptors (Lipinski definition) is 5. The number of aliphatic carboxylic acids is 2. The van der Waals surface area contributed by atoms with Crippen LogP contribution in [0.4, 0.5) is 0 Å². The first-order valence-electron chi connectivity index (χ1n) is 10.7. The van der Waals surface area contributed by atoms with E-state index in [1.807, 2.05) is 11.3 Å². The quantitative estimate of drug-likeness (QED) is 0.541. The lowest BCUT2D eigenvalue weighted by Crippen LogP contribution is -2.46. The Morgan fingerprint density at radius 3 is 2.35 bits per heavy atom. The summed E-state index contributed by atoms with van der Waals surface area (Å²) in [7, 11) is 4.53. The summed E-state index contributed by atoms with van der Waals surface area (Å²) in [6.07, 6.45) is 11.5. The maximum absolute atomic E-state index is 9.55. The first-order valence-corrected chi connectivity index (χ1v) is 11.5. The number of aromatic nitrogens is 1. The van der Waals surface area contributed by atoms with Crippen LogP contribution in [0.25, 0.3) is 11.3 Å². The van der Waals surface area contributed by atoms with Crippen molar-refractivity contribution in [2.24, 2.45) is 0 Å². The van der Waals surface area contributed by atoms with Crippen molar-refractivity contribution in [1.29, 1.82) is 0 Å². The van der Waals surface area contributed by atoms with Gasteiger partial charge in [-0.05, 0) is 38.9 Å². The molecule has 0 amide bonds. The number of rotatable bonds is 6. The summed E-state index contributed by atoms with van der Waals surface area (Å²) in [5.74, 6) is -2.51. The summed E-state index contributed by atoms with van der Waals surface area (Å²) in [5, 5.41) is 17.0. The van der Waals surface area contributed by atoms with Gasteiger partial charge in [0.05, 0.1) is 10.7 Å². The molecule has 0 unspecified atom stereocenters. The second-order valence-corrected chi connectivity index (χ2v) is 9.57. The minimum absolute atomic E-state index is 0.409. The normalized spacial score (nSPS) is 16.5. The Morgan fingerprint density at radius 2 is 1.74 bits per heavy atom. The summed E-state index contributed by atoms with van der Waals surface area (Å²) in [5.41, 5.74) is 4.49. The highest BCUT2D eigenvalue weighted by Gasteiger charge is 2.34. The molecule has 2 aliphatic rings. The highest BCUT2D eigenvalue weighted by Crippen LogP contribution is 2.41. The van der Waals surface area contributed by atoms with E-state index in [0.717, 1.165) is 12.8 Å². The van der Waals surface area contributed by atoms with Gasteiger partial charge in [-0.1, -0.05) is 43.5 Å². The first-order chi connectivity index (χ1) is 14.8. The van der Waals surface area contributed by atoms with Crippen molar-refractivity contribution < 1.29 is 19.8 Å². The number of nitrogens with zero attached hydrogens (tertiary/aromatic N) is 2. The molecule has 0 radical (unpaired) electrons. The van der Waals surface area contributed by atoms with E-state index in [1.54, 1.807) is 0 Å². The first kappa shape index (κ1) is 23.2. The Hall–Kier alpha value is -2.51. The molecule has 166 valence electrons. The van der Waals surface area contributed by atoms with E-state index in [-0.39, 0.29) is 0 Å². The lowest BCUT2D eigenvalue weighted by molar-refractivity contribution is -0.134. The Balaban J connectivity index is 0.000000293. The van der Waals surface area contributed by atoms with Crippen LogP contribution in [-0.4, -0.2) is 51.7 Å². The van der Waals surface area contributed by atoms with Crippen LogP contribution < -0.4 is 0 Å². The zero-order chi connectivity index (χ0) is 22.4. The van der Waals surface area contributed by atoms with Crippen LogP contribution in [0, 0.1) is 0 Å². The maximum atomic E-state index is 9.55. The van der Waals surface area contributed by atoms with Crippen LogP contribution in [0.2, 0.25) is 0 Å². The zero-order valence-electron chi connectivity index (χ0n) is 18.1. The van der Waals surface area contributed by atoms with Crippen LogP contribution >= 0.6 is 11.3 Å². The van der Waals surface area contributed by atoms with Gasteiger partial charge in [0, 0.05) is 41.0 Å². The number of carboxylic acid groups (broad SMARTS) is 2. The largest absolute Gasteiger partial charge is 0.478 e. The van der Waals surface area contributed by atoms with E-state index in [0.29, 0.717) is 17.7 Å². The highest BCUT2D eigenvalue weighted by atomic mass is 32.1. The third-order valence-electron chi connectivity index (χ3n) is 6.27. The summed E-state index contributed by atoms with van der Waals surface area (Å²) in [4.78, 5) is 28.1. The van der Waals surface area contributed by atoms with Crippen molar-refractivity contribution in [2.75, 3.05) is 14.1 Å². The van der Waals surface area contributed by atoms with Crippen LogP contribution in [-0.2, 0) is 22.4 Å². The smallest absolute Gasteiger partial charge is 0.328 e. The van der Waals surface area contributed by atoms with E-state index in [4.69, 9.17) is 15.2 Å². The summed E-state index contributed by atoms with van der Waals surface area (Å²) in [6, 6.07) is 8.75. The molecule has 7 heteroatoms. The molecule has 0 saturated heterocycles. The van der Waals surface area contributed by atoms with Crippen molar-refractivity contribution >= 4 is 23.3 Å². The number of fused-ring (bicyclic) bond motifs is 3. The Kier molecular flexibility index (Phi) is 7.62. The predicted octanol–water partition coefficient (Wildman–Crippen LogP) is 4.62. The monoisotopic (exact) mass is 442 g/mol. The summed E-state index contributed by atoms with van der Waals surface area (Å²) >= 11 is 1.95. The molecule has 4 rings (SSSR count). The van der Waals surface area contributed by atoms with Crippen LogP contribution in [0.15, 0.2) is 36.4 Å². The molecule has 2 aromatic rings. The predicted molar refractivity (Wildman–Crippen MR) is 123 cm³/mol. The standard InChI is InChI=1S/C20H26N2S.C4H4O4/c1-22(2)20(11-6-3-7-12-20)13-10-18-21-19-16-9-5-4-8-15(16)14-17(19)23-18;5-3(6)1-2-4(7)8/h4-5,8-9H,3,6-7,10-14H2,1-2H3;1-2H,(H,5,6)(H,7,8)/b;2-1+. The second kappa shape index (κ2) is 10.2. The van der Waals surface area contributed by atoms with Crippen LogP contribution in [0.3, 0.4) is 0 Å². The van der Waals surface area contributed by atoms with Gasteiger partial charge < -0.3 is 15.1 Å². The molecule has 1 heterocycles. The summed E-state index contributed by atoms with van der Waals surface area (Å²) < 4.78 is 0. The average molecular weight is 443 g/mol. The van der Waals surface area contributed by atoms with E-state index in [1.165, 1.54) is 65.2 Å². The van der Waals surface area contributed by atoms with Gasteiger partial charge in [-0.15, -0.1) is 11.3 Å². The van der Waals surface area contributed by atoms with Crippen molar-refractivity contribution in [3.05, 3.63) is 51.9 Å². The molecule has 1 aromatic heterocycles. The minimum Gasteiger partial charge on any atom is -0.478 e. The van der Waals surface area contributed by atoms with Crippen molar-refractivity contribution in [1.82, 2.24) is 9.88 Å². The van der Waals surface area contributed by atoms with Crippen LogP contribution in [0.5, 0.6) is 0 Å². The number of thiazole rings is 1. The minimum atomic E-state index is -1.26. The van der Waals surface area contributed by atoms with Gasteiger partial charge in [0.2, 0.25) is 0 Å². The molecular formula is C24H30N2O4S. The van der Waals surface area contributed by atoms with Crippen LogP contribution in [0.1, 0.15) is 54.0 Å². The van der Waals surface area contributed by atoms with E-state index >= 15 is 0 Å². The van der Waals surface area contributed by atoms with E-state index in [9.17, 15) is 9.59 Å². The van der Waals surface area contributed by atoms with Gasteiger partial charge in [-0.3, -0.25) is 0 Å².